The van der Waals surface area contributed by atoms with Gasteiger partial charge in [0.1, 0.15) is 5.54 Å². The highest BCUT2D eigenvalue weighted by Crippen LogP contribution is 2.40. The summed E-state index contributed by atoms with van der Waals surface area (Å²) >= 11 is 1.98. The number of thioether (sulfide) groups is 1. The molecule has 1 N–H and O–H groups in total. The molecule has 1 rings (SSSR count). The Morgan fingerprint density at radius 2 is 2.10 bits per heavy atom. The van der Waals surface area contributed by atoms with Crippen LogP contribution in [0, 0.1) is 5.92 Å². The Morgan fingerprint density at radius 1 is 1.45 bits per heavy atom. The number of carbonyl (C=O) groups is 1. The standard InChI is InChI=1S/C16H31NO2S/c1-12(2)17-16(14(18)19-6)10-7-8-13(16)9-11-20-15(3,4)5/h12-13,17H,7-11H2,1-6H3. The van der Waals surface area contributed by atoms with Gasteiger partial charge in [0.15, 0.2) is 0 Å². The summed E-state index contributed by atoms with van der Waals surface area (Å²) in [5.41, 5.74) is -0.457. The maximum atomic E-state index is 12.4. The Bertz CT molecular complexity index is 325. The van der Waals surface area contributed by atoms with E-state index in [0.29, 0.717) is 12.0 Å². The first-order valence-corrected chi connectivity index (χ1v) is 8.70. The Kier molecular flexibility index (Phi) is 6.39. The van der Waals surface area contributed by atoms with E-state index >= 15 is 0 Å². The Morgan fingerprint density at radius 3 is 2.60 bits per heavy atom. The second kappa shape index (κ2) is 7.17. The lowest BCUT2D eigenvalue weighted by Gasteiger charge is -2.36. The average Bonchev–Trinajstić information content (AvgIpc) is 2.70. The van der Waals surface area contributed by atoms with Gasteiger partial charge in [-0.15, -0.1) is 0 Å². The van der Waals surface area contributed by atoms with Crippen LogP contribution in [0.2, 0.25) is 0 Å². The average molecular weight is 301 g/mol. The van der Waals surface area contributed by atoms with Gasteiger partial charge >= 0.3 is 5.97 Å². The van der Waals surface area contributed by atoms with Gasteiger partial charge < -0.3 is 4.74 Å². The fourth-order valence-electron chi connectivity index (χ4n) is 3.19. The van der Waals surface area contributed by atoms with Gasteiger partial charge in [-0.3, -0.25) is 10.1 Å². The summed E-state index contributed by atoms with van der Waals surface area (Å²) < 4.78 is 5.40. The third-order valence-corrected chi connectivity index (χ3v) is 5.22. The molecule has 1 aliphatic carbocycles. The molecule has 1 fully saturated rings. The van der Waals surface area contributed by atoms with Gasteiger partial charge in [0.25, 0.3) is 0 Å². The summed E-state index contributed by atoms with van der Waals surface area (Å²) in [5, 5.41) is 3.52. The first kappa shape index (κ1) is 17.8. The third-order valence-electron chi connectivity index (χ3n) is 3.92. The zero-order valence-corrected chi connectivity index (χ0v) is 14.7. The molecule has 2 unspecified atom stereocenters. The van der Waals surface area contributed by atoms with E-state index in [2.05, 4.69) is 39.9 Å². The van der Waals surface area contributed by atoms with Crippen LogP contribution < -0.4 is 5.32 Å². The monoisotopic (exact) mass is 301 g/mol. The molecule has 0 aliphatic heterocycles. The summed E-state index contributed by atoms with van der Waals surface area (Å²) in [6.07, 6.45) is 4.22. The summed E-state index contributed by atoms with van der Waals surface area (Å²) in [6, 6.07) is 0.296. The van der Waals surface area contributed by atoms with Crippen molar-refractivity contribution in [3.63, 3.8) is 0 Å². The van der Waals surface area contributed by atoms with Crippen molar-refractivity contribution in [2.24, 2.45) is 5.92 Å². The summed E-state index contributed by atoms with van der Waals surface area (Å²) in [5.74, 6) is 1.42. The van der Waals surface area contributed by atoms with Crippen LogP contribution >= 0.6 is 11.8 Å². The predicted molar refractivity (Wildman–Crippen MR) is 87.2 cm³/mol. The highest BCUT2D eigenvalue weighted by atomic mass is 32.2. The van der Waals surface area contributed by atoms with Crippen molar-refractivity contribution in [2.45, 2.75) is 76.6 Å². The van der Waals surface area contributed by atoms with Gasteiger partial charge in [0.05, 0.1) is 7.11 Å². The number of hydrogen-bond donors (Lipinski definition) is 1. The molecule has 2 atom stereocenters. The maximum absolute atomic E-state index is 12.4. The van der Waals surface area contributed by atoms with Crippen molar-refractivity contribution in [2.75, 3.05) is 12.9 Å². The van der Waals surface area contributed by atoms with Crippen LogP contribution in [-0.2, 0) is 9.53 Å². The Labute approximate surface area is 128 Å². The lowest BCUT2D eigenvalue weighted by molar-refractivity contribution is -0.150. The minimum atomic E-state index is -0.457. The van der Waals surface area contributed by atoms with Crippen molar-refractivity contribution in [1.82, 2.24) is 5.32 Å². The van der Waals surface area contributed by atoms with Crippen LogP contribution in [0.1, 0.15) is 60.3 Å². The normalized spacial score (nSPS) is 27.1. The number of methoxy groups -OCH3 is 1. The first-order chi connectivity index (χ1) is 9.21. The highest BCUT2D eigenvalue weighted by molar-refractivity contribution is 8.00. The molecule has 0 aromatic heterocycles. The fraction of sp³-hybridized carbons (Fsp3) is 0.938. The SMILES string of the molecule is COC(=O)C1(NC(C)C)CCCC1CCSC(C)(C)C. The van der Waals surface area contributed by atoms with Crippen molar-refractivity contribution in [1.29, 1.82) is 0 Å². The van der Waals surface area contributed by atoms with Crippen LogP contribution in [0.25, 0.3) is 0 Å². The van der Waals surface area contributed by atoms with E-state index < -0.39 is 5.54 Å². The van der Waals surface area contributed by atoms with E-state index in [0.717, 1.165) is 31.4 Å². The molecule has 0 bridgehead atoms. The molecule has 4 heteroatoms. The molecule has 0 amide bonds. The molecular formula is C16H31NO2S. The molecular weight excluding hydrogens is 270 g/mol. The number of nitrogens with one attached hydrogen (secondary N) is 1. The van der Waals surface area contributed by atoms with E-state index in [1.54, 1.807) is 0 Å². The van der Waals surface area contributed by atoms with Crippen molar-refractivity contribution < 1.29 is 9.53 Å². The van der Waals surface area contributed by atoms with Crippen LogP contribution in [0.5, 0.6) is 0 Å². The minimum Gasteiger partial charge on any atom is -0.468 e. The van der Waals surface area contributed by atoms with Crippen molar-refractivity contribution in [3.8, 4) is 0 Å². The topological polar surface area (TPSA) is 38.3 Å². The second-order valence-corrected chi connectivity index (χ2v) is 9.02. The van der Waals surface area contributed by atoms with Gasteiger partial charge in [-0.2, -0.15) is 11.8 Å². The van der Waals surface area contributed by atoms with Crippen molar-refractivity contribution >= 4 is 17.7 Å². The maximum Gasteiger partial charge on any atom is 0.326 e. The van der Waals surface area contributed by atoms with Gasteiger partial charge in [-0.25, -0.2) is 0 Å². The Hall–Kier alpha value is -0.220. The number of esters is 1. The van der Waals surface area contributed by atoms with E-state index in [9.17, 15) is 4.79 Å². The zero-order valence-electron chi connectivity index (χ0n) is 13.9. The quantitative estimate of drug-likeness (QED) is 0.761. The van der Waals surface area contributed by atoms with Crippen LogP contribution in [-0.4, -0.2) is 35.2 Å². The minimum absolute atomic E-state index is 0.0746. The van der Waals surface area contributed by atoms with Gasteiger partial charge in [-0.1, -0.05) is 27.2 Å². The van der Waals surface area contributed by atoms with E-state index in [-0.39, 0.29) is 10.7 Å². The highest BCUT2D eigenvalue weighted by Gasteiger charge is 2.49. The summed E-state index contributed by atoms with van der Waals surface area (Å²) in [6.45, 7) is 10.9. The number of hydrogen-bond acceptors (Lipinski definition) is 4. The largest absolute Gasteiger partial charge is 0.468 e. The van der Waals surface area contributed by atoms with E-state index in [1.807, 2.05) is 11.8 Å². The summed E-state index contributed by atoms with van der Waals surface area (Å²) in [7, 11) is 1.51. The van der Waals surface area contributed by atoms with Crippen LogP contribution in [0.15, 0.2) is 0 Å². The summed E-state index contributed by atoms with van der Waals surface area (Å²) in [4.78, 5) is 12.4. The zero-order chi connectivity index (χ0) is 15.4. The molecule has 20 heavy (non-hydrogen) atoms. The smallest absolute Gasteiger partial charge is 0.326 e. The molecule has 0 heterocycles. The molecule has 0 aromatic rings. The fourth-order valence-corrected chi connectivity index (χ4v) is 4.21. The van der Waals surface area contributed by atoms with Crippen molar-refractivity contribution in [3.05, 3.63) is 0 Å². The lowest BCUT2D eigenvalue weighted by atomic mass is 9.84. The first-order valence-electron chi connectivity index (χ1n) is 7.71. The van der Waals surface area contributed by atoms with Gasteiger partial charge in [0.2, 0.25) is 0 Å². The van der Waals surface area contributed by atoms with E-state index in [1.165, 1.54) is 7.11 Å². The molecule has 0 radical (unpaired) electrons. The molecule has 0 spiro atoms. The Balaban J connectivity index is 2.73. The molecule has 0 saturated heterocycles. The molecule has 3 nitrogen and oxygen atoms in total. The number of carbonyl (C=O) groups excluding carboxylic acids is 1. The molecule has 118 valence electrons. The molecule has 1 saturated carbocycles. The predicted octanol–water partition coefficient (Wildman–Crippen LogP) is 3.62. The van der Waals surface area contributed by atoms with Gasteiger partial charge in [0, 0.05) is 10.8 Å². The number of ether oxygens (including phenoxy) is 1. The third kappa shape index (κ3) is 4.66. The van der Waals surface area contributed by atoms with E-state index in [4.69, 9.17) is 4.74 Å². The molecule has 1 aliphatic rings. The van der Waals surface area contributed by atoms with Gasteiger partial charge in [-0.05, 0) is 44.8 Å². The van der Waals surface area contributed by atoms with Crippen LogP contribution in [0.4, 0.5) is 0 Å². The van der Waals surface area contributed by atoms with Crippen LogP contribution in [0.3, 0.4) is 0 Å². The lowest BCUT2D eigenvalue weighted by Crippen LogP contribution is -2.57. The molecule has 0 aromatic carbocycles. The second-order valence-electron chi connectivity index (χ2n) is 7.10. The number of rotatable bonds is 6.